The van der Waals surface area contributed by atoms with E-state index in [1.54, 1.807) is 28.9 Å². The van der Waals surface area contributed by atoms with E-state index >= 15 is 0 Å². The fourth-order valence-electron chi connectivity index (χ4n) is 2.87. The van der Waals surface area contributed by atoms with Gasteiger partial charge in [-0.3, -0.25) is 9.48 Å². The molecule has 6 heteroatoms. The van der Waals surface area contributed by atoms with Crippen LogP contribution in [0.2, 0.25) is 0 Å². The minimum absolute atomic E-state index is 0.119. The number of phenols is 1. The quantitative estimate of drug-likeness (QED) is 0.613. The molecule has 0 fully saturated rings. The van der Waals surface area contributed by atoms with E-state index in [1.165, 1.54) is 25.7 Å². The fraction of sp³-hybridized carbons (Fsp3) is 0.444. The van der Waals surface area contributed by atoms with Crippen LogP contribution in [0.4, 0.5) is 5.82 Å². The van der Waals surface area contributed by atoms with E-state index in [9.17, 15) is 9.90 Å². The molecule has 0 aliphatic rings. The monoisotopic (exact) mass is 330 g/mol. The van der Waals surface area contributed by atoms with Gasteiger partial charge in [0.2, 0.25) is 0 Å². The van der Waals surface area contributed by atoms with Gasteiger partial charge in [-0.25, -0.2) is 0 Å². The lowest BCUT2D eigenvalue weighted by Crippen LogP contribution is -2.14. The summed E-state index contributed by atoms with van der Waals surface area (Å²) in [5.41, 5.74) is 12.8. The van der Waals surface area contributed by atoms with Crippen molar-refractivity contribution in [2.24, 2.45) is 5.73 Å². The van der Waals surface area contributed by atoms with Crippen molar-refractivity contribution in [3.05, 3.63) is 29.8 Å². The van der Waals surface area contributed by atoms with Gasteiger partial charge in [-0.15, -0.1) is 0 Å². The molecule has 0 aliphatic carbocycles. The first-order valence-corrected chi connectivity index (χ1v) is 8.50. The van der Waals surface area contributed by atoms with Crippen LogP contribution in [-0.2, 0) is 6.54 Å². The number of hydrogen-bond acceptors (Lipinski definition) is 4. The molecule has 1 aromatic carbocycles. The number of anilines is 1. The Balaban J connectivity index is 2.22. The number of aromatic nitrogens is 2. The number of nitrogen functional groups attached to an aromatic ring is 1. The normalized spacial score (nSPS) is 10.9. The second-order valence-corrected chi connectivity index (χ2v) is 6.01. The minimum atomic E-state index is -0.611. The Bertz CT molecular complexity index is 694. The van der Waals surface area contributed by atoms with E-state index in [-0.39, 0.29) is 17.1 Å². The predicted octanol–water partition coefficient (Wildman–Crippen LogP) is 3.30. The van der Waals surface area contributed by atoms with Crippen molar-refractivity contribution in [3.8, 4) is 17.0 Å². The summed E-state index contributed by atoms with van der Waals surface area (Å²) in [5, 5.41) is 14.0. The molecule has 0 unspecified atom stereocenters. The standard InChI is InChI=1S/C18H26N4O2/c1-2-3-4-5-6-7-11-22-16(13-9-8-10-14(23)12-13)15(18(20)24)17(19)21-22/h8-10,12,23H,2-7,11H2,1H3,(H2,19,21)(H2,20,24). The molecule has 2 aromatic rings. The third-order valence-corrected chi connectivity index (χ3v) is 4.07. The molecule has 0 bridgehead atoms. The van der Waals surface area contributed by atoms with Crippen LogP contribution in [0.1, 0.15) is 55.8 Å². The van der Waals surface area contributed by atoms with Gasteiger partial charge in [0.05, 0.1) is 5.69 Å². The topological polar surface area (TPSA) is 107 Å². The van der Waals surface area contributed by atoms with Gasteiger partial charge in [0.25, 0.3) is 5.91 Å². The number of hydrogen-bond donors (Lipinski definition) is 3. The fourth-order valence-corrected chi connectivity index (χ4v) is 2.87. The summed E-state index contributed by atoms with van der Waals surface area (Å²) in [4.78, 5) is 11.8. The average molecular weight is 330 g/mol. The van der Waals surface area contributed by atoms with Gasteiger partial charge in [-0.1, -0.05) is 51.2 Å². The molecular weight excluding hydrogens is 304 g/mol. The van der Waals surface area contributed by atoms with Crippen molar-refractivity contribution in [2.75, 3.05) is 5.73 Å². The number of benzene rings is 1. The highest BCUT2D eigenvalue weighted by Crippen LogP contribution is 2.30. The van der Waals surface area contributed by atoms with E-state index in [0.717, 1.165) is 12.8 Å². The molecule has 0 radical (unpaired) electrons. The molecule has 5 N–H and O–H groups in total. The third-order valence-electron chi connectivity index (χ3n) is 4.07. The highest BCUT2D eigenvalue weighted by molar-refractivity contribution is 6.03. The number of unbranched alkanes of at least 4 members (excludes halogenated alkanes) is 5. The van der Waals surface area contributed by atoms with Crippen molar-refractivity contribution in [2.45, 2.75) is 52.0 Å². The summed E-state index contributed by atoms with van der Waals surface area (Å²) in [6, 6.07) is 6.68. The molecule has 0 atom stereocenters. The first kappa shape index (κ1) is 17.8. The molecule has 0 saturated heterocycles. The van der Waals surface area contributed by atoms with Crippen LogP contribution < -0.4 is 11.5 Å². The zero-order valence-electron chi connectivity index (χ0n) is 14.2. The van der Waals surface area contributed by atoms with Gasteiger partial charge < -0.3 is 16.6 Å². The lowest BCUT2D eigenvalue weighted by atomic mass is 10.1. The molecule has 0 aliphatic heterocycles. The van der Waals surface area contributed by atoms with Gasteiger partial charge in [0.15, 0.2) is 5.82 Å². The molecule has 0 spiro atoms. The van der Waals surface area contributed by atoms with Gasteiger partial charge in [0.1, 0.15) is 11.3 Å². The first-order valence-electron chi connectivity index (χ1n) is 8.50. The number of aromatic hydroxyl groups is 1. The van der Waals surface area contributed by atoms with Crippen molar-refractivity contribution in [1.82, 2.24) is 9.78 Å². The van der Waals surface area contributed by atoms with Crippen LogP contribution >= 0.6 is 0 Å². The maximum Gasteiger partial charge on any atom is 0.254 e. The highest BCUT2D eigenvalue weighted by atomic mass is 16.3. The van der Waals surface area contributed by atoms with E-state index in [1.807, 2.05) is 0 Å². The van der Waals surface area contributed by atoms with Gasteiger partial charge >= 0.3 is 0 Å². The maximum absolute atomic E-state index is 11.8. The van der Waals surface area contributed by atoms with Crippen LogP contribution in [0.25, 0.3) is 11.3 Å². The molecule has 2 rings (SSSR count). The lowest BCUT2D eigenvalue weighted by Gasteiger charge is -2.09. The second kappa shape index (κ2) is 8.38. The summed E-state index contributed by atoms with van der Waals surface area (Å²) in [5.74, 6) is -0.360. The zero-order chi connectivity index (χ0) is 17.5. The molecule has 24 heavy (non-hydrogen) atoms. The van der Waals surface area contributed by atoms with E-state index in [4.69, 9.17) is 11.5 Å². The molecule has 6 nitrogen and oxygen atoms in total. The average Bonchev–Trinajstić information content (AvgIpc) is 2.87. The second-order valence-electron chi connectivity index (χ2n) is 6.01. The third kappa shape index (κ3) is 4.28. The Morgan fingerprint density at radius 2 is 1.92 bits per heavy atom. The summed E-state index contributed by atoms with van der Waals surface area (Å²) < 4.78 is 1.73. The summed E-state index contributed by atoms with van der Waals surface area (Å²) in [6.45, 7) is 2.86. The molecule has 0 saturated carbocycles. The number of amides is 1. The number of nitrogens with two attached hydrogens (primary N) is 2. The zero-order valence-corrected chi connectivity index (χ0v) is 14.2. The number of primary amides is 1. The Morgan fingerprint density at radius 1 is 1.21 bits per heavy atom. The Labute approximate surface area is 142 Å². The number of aryl methyl sites for hydroxylation is 1. The number of phenolic OH excluding ortho intramolecular Hbond substituents is 1. The van der Waals surface area contributed by atoms with Crippen molar-refractivity contribution in [3.63, 3.8) is 0 Å². The number of nitrogens with zero attached hydrogens (tertiary/aromatic N) is 2. The van der Waals surface area contributed by atoms with Crippen molar-refractivity contribution >= 4 is 11.7 Å². The first-order chi connectivity index (χ1) is 11.5. The Hall–Kier alpha value is -2.50. The minimum Gasteiger partial charge on any atom is -0.508 e. The number of carbonyl (C=O) groups excluding carboxylic acids is 1. The van der Waals surface area contributed by atoms with Crippen molar-refractivity contribution in [1.29, 1.82) is 0 Å². The molecule has 1 heterocycles. The van der Waals surface area contributed by atoms with Crippen LogP contribution in [-0.4, -0.2) is 20.8 Å². The Morgan fingerprint density at radius 3 is 2.58 bits per heavy atom. The van der Waals surface area contributed by atoms with Gasteiger partial charge in [0, 0.05) is 12.1 Å². The molecule has 1 aromatic heterocycles. The van der Waals surface area contributed by atoms with Crippen LogP contribution in [0.15, 0.2) is 24.3 Å². The molecular formula is C18H26N4O2. The maximum atomic E-state index is 11.8. The van der Waals surface area contributed by atoms with Gasteiger partial charge in [-0.2, -0.15) is 5.10 Å². The van der Waals surface area contributed by atoms with Crippen LogP contribution in [0.3, 0.4) is 0 Å². The SMILES string of the molecule is CCCCCCCCn1nc(N)c(C(N)=O)c1-c1cccc(O)c1. The molecule has 1 amide bonds. The van der Waals surface area contributed by atoms with Gasteiger partial charge in [-0.05, 0) is 18.6 Å². The Kier molecular flexibility index (Phi) is 6.23. The number of carbonyl (C=O) groups is 1. The summed E-state index contributed by atoms with van der Waals surface area (Å²) in [6.07, 6.45) is 6.97. The van der Waals surface area contributed by atoms with E-state index in [2.05, 4.69) is 12.0 Å². The lowest BCUT2D eigenvalue weighted by molar-refractivity contribution is 0.100. The number of rotatable bonds is 9. The summed E-state index contributed by atoms with van der Waals surface area (Å²) in [7, 11) is 0. The van der Waals surface area contributed by atoms with E-state index < -0.39 is 5.91 Å². The van der Waals surface area contributed by atoms with Crippen molar-refractivity contribution < 1.29 is 9.90 Å². The summed E-state index contributed by atoms with van der Waals surface area (Å²) >= 11 is 0. The van der Waals surface area contributed by atoms with Crippen LogP contribution in [0.5, 0.6) is 5.75 Å². The predicted molar refractivity (Wildman–Crippen MR) is 95.6 cm³/mol. The van der Waals surface area contributed by atoms with Crippen LogP contribution in [0, 0.1) is 0 Å². The van der Waals surface area contributed by atoms with E-state index in [0.29, 0.717) is 17.8 Å². The molecule has 130 valence electrons. The smallest absolute Gasteiger partial charge is 0.254 e. The highest BCUT2D eigenvalue weighted by Gasteiger charge is 2.21. The largest absolute Gasteiger partial charge is 0.508 e.